The number of hydrogen-bond donors (Lipinski definition) is 2. The molecular formula is C28H34FN3O4. The van der Waals surface area contributed by atoms with Gasteiger partial charge in [-0.3, -0.25) is 19.2 Å². The molecule has 2 aliphatic carbocycles. The number of benzene rings is 1. The highest BCUT2D eigenvalue weighted by Crippen LogP contribution is 2.43. The lowest BCUT2D eigenvalue weighted by molar-refractivity contribution is -0.131. The molecule has 1 saturated heterocycles. The molecule has 192 valence electrons. The Morgan fingerprint density at radius 3 is 2.69 bits per heavy atom. The van der Waals surface area contributed by atoms with Crippen LogP contribution >= 0.6 is 0 Å². The fraction of sp³-hybridized carbons (Fsp3) is 0.571. The Morgan fingerprint density at radius 2 is 2.00 bits per heavy atom. The molecule has 1 aromatic carbocycles. The third kappa shape index (κ3) is 4.24. The second-order valence-electron chi connectivity index (χ2n) is 10.7. The molecule has 1 aromatic heterocycles. The Balaban J connectivity index is 1.42. The molecule has 0 unspecified atom stereocenters. The van der Waals surface area contributed by atoms with Gasteiger partial charge in [0.25, 0.3) is 5.91 Å². The molecule has 3 aliphatic rings. The summed E-state index contributed by atoms with van der Waals surface area (Å²) >= 11 is 0. The highest BCUT2D eigenvalue weighted by atomic mass is 19.1. The van der Waals surface area contributed by atoms with Crippen LogP contribution in [0.25, 0.3) is 10.9 Å². The van der Waals surface area contributed by atoms with E-state index in [1.165, 1.54) is 4.90 Å². The van der Waals surface area contributed by atoms with Gasteiger partial charge in [-0.1, -0.05) is 25.5 Å². The van der Waals surface area contributed by atoms with Crippen LogP contribution < -0.4 is 5.32 Å². The number of H-pyrrole nitrogens is 1. The summed E-state index contributed by atoms with van der Waals surface area (Å²) in [4.78, 5) is 56.7. The van der Waals surface area contributed by atoms with E-state index in [4.69, 9.17) is 0 Å². The van der Waals surface area contributed by atoms with Crippen molar-refractivity contribution in [2.75, 3.05) is 6.54 Å². The average Bonchev–Trinajstić information content (AvgIpc) is 3.62. The topological polar surface area (TPSA) is 99.3 Å². The van der Waals surface area contributed by atoms with E-state index in [0.29, 0.717) is 30.3 Å². The lowest BCUT2D eigenvalue weighted by atomic mass is 9.91. The number of hydrogen-bond acceptors (Lipinski definition) is 4. The summed E-state index contributed by atoms with van der Waals surface area (Å²) < 4.78 is 15.4. The zero-order chi connectivity index (χ0) is 25.6. The number of likely N-dealkylation sites (tertiary alicyclic amines) is 1. The van der Waals surface area contributed by atoms with Gasteiger partial charge in [0.15, 0.2) is 11.6 Å². The van der Waals surface area contributed by atoms with E-state index in [9.17, 15) is 19.2 Å². The number of aromatic nitrogens is 1. The normalized spacial score (nSPS) is 26.4. The molecule has 5 atom stereocenters. The minimum atomic E-state index is -0.761. The van der Waals surface area contributed by atoms with Gasteiger partial charge in [0, 0.05) is 36.2 Å². The molecular weight excluding hydrogens is 461 g/mol. The first-order valence-electron chi connectivity index (χ1n) is 13.2. The number of aryl methyl sites for hydroxylation is 1. The van der Waals surface area contributed by atoms with Gasteiger partial charge >= 0.3 is 0 Å². The van der Waals surface area contributed by atoms with Crippen molar-refractivity contribution in [1.29, 1.82) is 0 Å². The van der Waals surface area contributed by atoms with Crippen molar-refractivity contribution in [2.45, 2.75) is 77.3 Å². The number of halogens is 1. The van der Waals surface area contributed by atoms with Crippen LogP contribution in [0.15, 0.2) is 18.2 Å². The van der Waals surface area contributed by atoms with Crippen LogP contribution in [0.5, 0.6) is 0 Å². The number of Topliss-reactive ketones (excluding diaryl/α,β-unsaturated/α-hetero) is 2. The minimum Gasteiger partial charge on any atom is -0.348 e. The smallest absolute Gasteiger partial charge is 0.274 e. The predicted molar refractivity (Wildman–Crippen MR) is 133 cm³/mol. The van der Waals surface area contributed by atoms with Crippen LogP contribution in [-0.2, 0) is 14.4 Å². The number of ketones is 2. The second kappa shape index (κ2) is 9.79. The van der Waals surface area contributed by atoms with E-state index in [0.717, 1.165) is 37.7 Å². The number of nitrogens with zero attached hydrogens (tertiary/aromatic N) is 1. The van der Waals surface area contributed by atoms with Crippen LogP contribution in [-0.4, -0.2) is 51.9 Å². The summed E-state index contributed by atoms with van der Waals surface area (Å²) in [6.45, 7) is 3.93. The summed E-state index contributed by atoms with van der Waals surface area (Å²) in [6, 6.07) is 3.82. The Morgan fingerprint density at radius 1 is 1.19 bits per heavy atom. The monoisotopic (exact) mass is 495 g/mol. The molecule has 2 heterocycles. The van der Waals surface area contributed by atoms with Crippen molar-refractivity contribution in [3.63, 3.8) is 0 Å². The third-order valence-electron chi connectivity index (χ3n) is 8.61. The van der Waals surface area contributed by atoms with Crippen LogP contribution in [0, 0.1) is 30.5 Å². The number of carbonyl (C=O) groups is 4. The largest absolute Gasteiger partial charge is 0.348 e. The molecule has 5 rings (SSSR count). The molecule has 36 heavy (non-hydrogen) atoms. The van der Waals surface area contributed by atoms with Gasteiger partial charge in [-0.15, -0.1) is 0 Å². The summed E-state index contributed by atoms with van der Waals surface area (Å²) in [5, 5.41) is 3.30. The Kier molecular flexibility index (Phi) is 6.70. The first-order chi connectivity index (χ1) is 17.3. The standard InChI is InChI=1S/C28H34FN3O4/c1-3-21(33)20(13-16-8-6-12-22(16)34)31-27(35)26-18-10-5-9-17(18)14-32(26)28(36)25-24(29)23-15(2)7-4-11-19(23)30-25/h4,7,11,16-18,20,26,30H,3,5-6,8-10,12-14H2,1-2H3,(H,31,35)/t16-,17-,18-,20-,26-/m0/s1. The van der Waals surface area contributed by atoms with E-state index >= 15 is 4.39 Å². The molecule has 0 radical (unpaired) electrons. The van der Waals surface area contributed by atoms with Crippen LogP contribution in [0.1, 0.15) is 74.3 Å². The van der Waals surface area contributed by atoms with Crippen LogP contribution in [0.2, 0.25) is 0 Å². The zero-order valence-electron chi connectivity index (χ0n) is 20.9. The SMILES string of the molecule is CCC(=O)[C@H](C[C@@H]1CCCC1=O)NC(=O)[C@@H]1[C@H]2CCC[C@H]2CN1C(=O)c1[nH]c2cccc(C)c2c1F. The fourth-order valence-corrected chi connectivity index (χ4v) is 6.72. The van der Waals surface area contributed by atoms with Gasteiger partial charge in [-0.05, 0) is 62.5 Å². The van der Waals surface area contributed by atoms with E-state index in [-0.39, 0.29) is 47.3 Å². The molecule has 2 aromatic rings. The number of aromatic amines is 1. The lowest BCUT2D eigenvalue weighted by Gasteiger charge is -2.29. The van der Waals surface area contributed by atoms with Crippen molar-refractivity contribution in [2.24, 2.45) is 17.8 Å². The van der Waals surface area contributed by atoms with Crippen LogP contribution in [0.3, 0.4) is 0 Å². The number of nitrogens with one attached hydrogen (secondary N) is 2. The summed E-state index contributed by atoms with van der Waals surface area (Å²) in [5.74, 6) is -1.51. The predicted octanol–water partition coefficient (Wildman–Crippen LogP) is 4.08. The van der Waals surface area contributed by atoms with Crippen molar-refractivity contribution in [1.82, 2.24) is 15.2 Å². The molecule has 2 N–H and O–H groups in total. The van der Waals surface area contributed by atoms with Crippen molar-refractivity contribution in [3.05, 3.63) is 35.3 Å². The maximum Gasteiger partial charge on any atom is 0.274 e. The molecule has 0 spiro atoms. The zero-order valence-corrected chi connectivity index (χ0v) is 20.9. The first kappa shape index (κ1) is 24.7. The molecule has 7 nitrogen and oxygen atoms in total. The van der Waals surface area contributed by atoms with E-state index in [1.807, 2.05) is 0 Å². The average molecular weight is 496 g/mol. The number of amides is 2. The molecule has 3 fully saturated rings. The second-order valence-corrected chi connectivity index (χ2v) is 10.7. The van der Waals surface area contributed by atoms with Crippen LogP contribution in [0.4, 0.5) is 4.39 Å². The molecule has 2 saturated carbocycles. The van der Waals surface area contributed by atoms with Crippen molar-refractivity contribution in [3.8, 4) is 0 Å². The molecule has 1 aliphatic heterocycles. The molecule has 2 amide bonds. The van der Waals surface area contributed by atoms with Gasteiger partial charge in [-0.25, -0.2) is 4.39 Å². The summed E-state index contributed by atoms with van der Waals surface area (Å²) in [5.41, 5.74) is 1.15. The van der Waals surface area contributed by atoms with Gasteiger partial charge in [0.05, 0.1) is 6.04 Å². The summed E-state index contributed by atoms with van der Waals surface area (Å²) in [6.07, 6.45) is 5.35. The number of fused-ring (bicyclic) bond motifs is 2. The van der Waals surface area contributed by atoms with Gasteiger partial charge < -0.3 is 15.2 Å². The third-order valence-corrected chi connectivity index (χ3v) is 8.61. The van der Waals surface area contributed by atoms with Gasteiger partial charge in [0.2, 0.25) is 5.91 Å². The van der Waals surface area contributed by atoms with E-state index in [2.05, 4.69) is 10.3 Å². The quantitative estimate of drug-likeness (QED) is 0.605. The Hall–Kier alpha value is -3.03. The number of rotatable bonds is 7. The molecule has 8 heteroatoms. The van der Waals surface area contributed by atoms with Gasteiger partial charge in [-0.2, -0.15) is 0 Å². The number of carbonyl (C=O) groups excluding carboxylic acids is 4. The van der Waals surface area contributed by atoms with Crippen molar-refractivity contribution < 1.29 is 23.6 Å². The maximum absolute atomic E-state index is 15.4. The van der Waals surface area contributed by atoms with E-state index in [1.54, 1.807) is 32.0 Å². The highest BCUT2D eigenvalue weighted by molar-refractivity contribution is 6.02. The first-order valence-corrected chi connectivity index (χ1v) is 13.2. The molecule has 0 bridgehead atoms. The highest BCUT2D eigenvalue weighted by Gasteiger charge is 2.50. The Bertz CT molecular complexity index is 1220. The van der Waals surface area contributed by atoms with Gasteiger partial charge in [0.1, 0.15) is 17.5 Å². The van der Waals surface area contributed by atoms with Crippen molar-refractivity contribution >= 4 is 34.3 Å². The Labute approximate surface area is 210 Å². The summed E-state index contributed by atoms with van der Waals surface area (Å²) in [7, 11) is 0. The maximum atomic E-state index is 15.4. The fourth-order valence-electron chi connectivity index (χ4n) is 6.72. The van der Waals surface area contributed by atoms with E-state index < -0.39 is 23.8 Å². The lowest BCUT2D eigenvalue weighted by Crippen LogP contribution is -2.53. The minimum absolute atomic E-state index is 0.0198.